The van der Waals surface area contributed by atoms with Crippen LogP contribution in [0.4, 0.5) is 0 Å². The molecule has 0 saturated heterocycles. The van der Waals surface area contributed by atoms with Gasteiger partial charge in [-0.15, -0.1) is 11.8 Å². The van der Waals surface area contributed by atoms with E-state index in [0.717, 1.165) is 6.42 Å². The fourth-order valence-corrected chi connectivity index (χ4v) is 2.81. The van der Waals surface area contributed by atoms with Gasteiger partial charge in [0.15, 0.2) is 0 Å². The molecule has 118 valence electrons. The van der Waals surface area contributed by atoms with Crippen LogP contribution in [0.25, 0.3) is 0 Å². The first-order valence-corrected chi connectivity index (χ1v) is 8.69. The zero-order valence-electron chi connectivity index (χ0n) is 14.3. The van der Waals surface area contributed by atoms with E-state index in [2.05, 4.69) is 88.9 Å². The van der Waals surface area contributed by atoms with Crippen molar-refractivity contribution in [3.05, 3.63) is 78.9 Å². The van der Waals surface area contributed by atoms with Crippen LogP contribution in [0.2, 0.25) is 0 Å². The molecule has 0 aliphatic rings. The molecular formula is C21H28S. The molecule has 1 rings (SSSR count). The monoisotopic (exact) mass is 312 g/mol. The number of hydrogen-bond donors (Lipinski definition) is 0. The standard InChI is InChI=1S/C21H28S/c1-6-7-8-9-10-11-12-13-18(2)22-20-16-14-19(15-17-20)21(3,4)5/h6-8,10-18H,1,9H2,2-5H3/b8-7-,11-10-,13-12-. The van der Waals surface area contributed by atoms with E-state index in [1.807, 2.05) is 17.8 Å². The highest BCUT2D eigenvalue weighted by Gasteiger charge is 2.13. The lowest BCUT2D eigenvalue weighted by Gasteiger charge is -2.19. The predicted molar refractivity (Wildman–Crippen MR) is 103 cm³/mol. The van der Waals surface area contributed by atoms with E-state index in [1.54, 1.807) is 6.08 Å². The number of thioether (sulfide) groups is 1. The van der Waals surface area contributed by atoms with Crippen molar-refractivity contribution in [3.63, 3.8) is 0 Å². The Labute approximate surface area is 140 Å². The number of allylic oxidation sites excluding steroid dienone is 6. The van der Waals surface area contributed by atoms with Crippen molar-refractivity contribution in [2.45, 2.75) is 49.7 Å². The van der Waals surface area contributed by atoms with Crippen LogP contribution in [0.5, 0.6) is 0 Å². The molecule has 0 nitrogen and oxygen atoms in total. The topological polar surface area (TPSA) is 0 Å². The lowest BCUT2D eigenvalue weighted by molar-refractivity contribution is 0.590. The summed E-state index contributed by atoms with van der Waals surface area (Å²) in [7, 11) is 0. The zero-order valence-corrected chi connectivity index (χ0v) is 15.1. The highest BCUT2D eigenvalue weighted by Crippen LogP contribution is 2.28. The van der Waals surface area contributed by atoms with Gasteiger partial charge in [0.1, 0.15) is 0 Å². The lowest BCUT2D eigenvalue weighted by Crippen LogP contribution is -2.10. The van der Waals surface area contributed by atoms with E-state index in [0.29, 0.717) is 5.25 Å². The van der Waals surface area contributed by atoms with Crippen LogP contribution in [0.15, 0.2) is 78.3 Å². The first-order chi connectivity index (χ1) is 10.4. The molecule has 1 heteroatoms. The predicted octanol–water partition coefficient (Wildman–Crippen LogP) is 6.71. The molecule has 0 amide bonds. The largest absolute Gasteiger partial charge is 0.119 e. The minimum Gasteiger partial charge on any atom is -0.119 e. The normalized spacial score (nSPS) is 14.2. The Morgan fingerprint density at radius 2 is 1.68 bits per heavy atom. The molecule has 0 aliphatic heterocycles. The van der Waals surface area contributed by atoms with Gasteiger partial charge in [0, 0.05) is 10.1 Å². The van der Waals surface area contributed by atoms with Gasteiger partial charge < -0.3 is 0 Å². The average molecular weight is 313 g/mol. The maximum absolute atomic E-state index is 3.65. The maximum atomic E-state index is 3.65. The molecule has 0 radical (unpaired) electrons. The summed E-state index contributed by atoms with van der Waals surface area (Å²) < 4.78 is 0. The van der Waals surface area contributed by atoms with Gasteiger partial charge >= 0.3 is 0 Å². The summed E-state index contributed by atoms with van der Waals surface area (Å²) >= 11 is 1.89. The van der Waals surface area contributed by atoms with Crippen LogP contribution in [0, 0.1) is 0 Å². The Balaban J connectivity index is 2.46. The van der Waals surface area contributed by atoms with Crippen molar-refractivity contribution in [1.82, 2.24) is 0 Å². The van der Waals surface area contributed by atoms with Gasteiger partial charge in [-0.2, -0.15) is 0 Å². The minimum atomic E-state index is 0.222. The molecule has 0 aliphatic carbocycles. The van der Waals surface area contributed by atoms with Crippen molar-refractivity contribution in [2.24, 2.45) is 0 Å². The Kier molecular flexibility index (Phi) is 8.05. The van der Waals surface area contributed by atoms with E-state index < -0.39 is 0 Å². The Hall–Kier alpha value is -1.47. The lowest BCUT2D eigenvalue weighted by atomic mass is 9.87. The minimum absolute atomic E-state index is 0.222. The van der Waals surface area contributed by atoms with Gasteiger partial charge in [0.25, 0.3) is 0 Å². The zero-order chi connectivity index (χ0) is 16.4. The third-order valence-electron chi connectivity index (χ3n) is 3.22. The van der Waals surface area contributed by atoms with Crippen molar-refractivity contribution < 1.29 is 0 Å². The Bertz CT molecular complexity index is 524. The Morgan fingerprint density at radius 3 is 2.27 bits per heavy atom. The van der Waals surface area contributed by atoms with Crippen LogP contribution in [0.1, 0.15) is 39.7 Å². The van der Waals surface area contributed by atoms with Crippen LogP contribution in [-0.4, -0.2) is 5.25 Å². The molecular weight excluding hydrogens is 284 g/mol. The summed E-state index contributed by atoms with van der Waals surface area (Å²) in [6, 6.07) is 8.94. The Morgan fingerprint density at radius 1 is 1.05 bits per heavy atom. The summed E-state index contributed by atoms with van der Waals surface area (Å²) in [6.45, 7) is 12.6. The molecule has 0 heterocycles. The van der Waals surface area contributed by atoms with Gasteiger partial charge in [0.05, 0.1) is 0 Å². The fraction of sp³-hybridized carbons (Fsp3) is 0.333. The highest BCUT2D eigenvalue weighted by atomic mass is 32.2. The smallest absolute Gasteiger partial charge is 0.0249 e. The van der Waals surface area contributed by atoms with Crippen LogP contribution < -0.4 is 0 Å². The first-order valence-electron chi connectivity index (χ1n) is 7.81. The summed E-state index contributed by atoms with van der Waals surface area (Å²) in [6.07, 6.45) is 15.4. The van der Waals surface area contributed by atoms with E-state index in [4.69, 9.17) is 0 Å². The van der Waals surface area contributed by atoms with E-state index in [9.17, 15) is 0 Å². The molecule has 0 saturated carbocycles. The van der Waals surface area contributed by atoms with Crippen molar-refractivity contribution in [2.75, 3.05) is 0 Å². The van der Waals surface area contributed by atoms with Gasteiger partial charge in [-0.05, 0) is 36.5 Å². The molecule has 1 aromatic carbocycles. The second-order valence-corrected chi connectivity index (χ2v) is 7.76. The van der Waals surface area contributed by atoms with Gasteiger partial charge in [-0.1, -0.05) is 82.0 Å². The van der Waals surface area contributed by atoms with Gasteiger partial charge in [0.2, 0.25) is 0 Å². The number of benzene rings is 1. The molecule has 1 unspecified atom stereocenters. The molecule has 0 fully saturated rings. The summed E-state index contributed by atoms with van der Waals surface area (Å²) in [5, 5.41) is 0.467. The second kappa shape index (κ2) is 9.53. The van der Waals surface area contributed by atoms with Crippen LogP contribution in [0.3, 0.4) is 0 Å². The highest BCUT2D eigenvalue weighted by molar-refractivity contribution is 8.00. The van der Waals surface area contributed by atoms with E-state index in [-0.39, 0.29) is 5.41 Å². The molecule has 1 atom stereocenters. The molecule has 1 aromatic rings. The molecule has 22 heavy (non-hydrogen) atoms. The van der Waals surface area contributed by atoms with Crippen LogP contribution >= 0.6 is 11.8 Å². The third kappa shape index (κ3) is 7.51. The van der Waals surface area contributed by atoms with Crippen LogP contribution in [-0.2, 0) is 5.41 Å². The molecule has 0 bridgehead atoms. The van der Waals surface area contributed by atoms with Gasteiger partial charge in [-0.3, -0.25) is 0 Å². The molecule has 0 aromatic heterocycles. The quantitative estimate of drug-likeness (QED) is 0.398. The SMILES string of the molecule is C=C/C=C\C/C=C\C=C/C(C)Sc1ccc(C(C)(C)C)cc1. The van der Waals surface area contributed by atoms with Crippen molar-refractivity contribution in [3.8, 4) is 0 Å². The van der Waals surface area contributed by atoms with Gasteiger partial charge in [-0.25, -0.2) is 0 Å². The van der Waals surface area contributed by atoms with Crippen molar-refractivity contribution >= 4 is 11.8 Å². The second-order valence-electron chi connectivity index (χ2n) is 6.31. The summed E-state index contributed by atoms with van der Waals surface area (Å²) in [5.41, 5.74) is 1.61. The average Bonchev–Trinajstić information content (AvgIpc) is 2.46. The van der Waals surface area contributed by atoms with E-state index in [1.165, 1.54) is 10.5 Å². The maximum Gasteiger partial charge on any atom is 0.0249 e. The fourth-order valence-electron chi connectivity index (χ4n) is 1.92. The van der Waals surface area contributed by atoms with Crippen molar-refractivity contribution in [1.29, 1.82) is 0 Å². The third-order valence-corrected chi connectivity index (χ3v) is 4.29. The molecule has 0 spiro atoms. The summed E-state index contributed by atoms with van der Waals surface area (Å²) in [5.74, 6) is 0. The van der Waals surface area contributed by atoms with E-state index >= 15 is 0 Å². The molecule has 0 N–H and O–H groups in total. The summed E-state index contributed by atoms with van der Waals surface area (Å²) in [4.78, 5) is 1.32. The first kappa shape index (κ1) is 18.6. The number of hydrogen-bond acceptors (Lipinski definition) is 1. The number of rotatable bonds is 7.